The molecule has 0 aromatic heterocycles. The SMILES string of the molecule is CCN(CC)CCCN(C)C1CC[N]CC1. The van der Waals surface area contributed by atoms with Gasteiger partial charge in [-0.3, -0.25) is 0 Å². The van der Waals surface area contributed by atoms with Crippen LogP contribution in [0.15, 0.2) is 0 Å². The molecular weight excluding hydrogens is 198 g/mol. The molecule has 3 nitrogen and oxygen atoms in total. The summed E-state index contributed by atoms with van der Waals surface area (Å²) in [7, 11) is 2.28. The summed E-state index contributed by atoms with van der Waals surface area (Å²) in [5.74, 6) is 0. The molecule has 1 rings (SSSR count). The van der Waals surface area contributed by atoms with E-state index in [9.17, 15) is 0 Å². The van der Waals surface area contributed by atoms with Crippen molar-refractivity contribution in [2.24, 2.45) is 0 Å². The first-order chi connectivity index (χ1) is 7.77. The summed E-state index contributed by atoms with van der Waals surface area (Å²) in [5.41, 5.74) is 0. The van der Waals surface area contributed by atoms with E-state index in [0.717, 1.165) is 19.1 Å². The van der Waals surface area contributed by atoms with Crippen LogP contribution in [0.4, 0.5) is 0 Å². The lowest BCUT2D eigenvalue weighted by Gasteiger charge is -2.31. The van der Waals surface area contributed by atoms with E-state index < -0.39 is 0 Å². The van der Waals surface area contributed by atoms with Crippen molar-refractivity contribution in [1.29, 1.82) is 0 Å². The zero-order valence-corrected chi connectivity index (χ0v) is 11.3. The Morgan fingerprint density at radius 2 is 1.69 bits per heavy atom. The van der Waals surface area contributed by atoms with E-state index >= 15 is 0 Å². The molecule has 0 amide bonds. The van der Waals surface area contributed by atoms with Crippen LogP contribution in [-0.2, 0) is 0 Å². The molecule has 1 heterocycles. The lowest BCUT2D eigenvalue weighted by atomic mass is 10.1. The molecule has 0 aliphatic carbocycles. The standard InChI is InChI=1S/C13H28N3/c1-4-16(5-2)12-6-11-15(3)13-7-9-14-10-8-13/h13H,4-12H2,1-3H3. The zero-order chi connectivity index (χ0) is 11.8. The van der Waals surface area contributed by atoms with Crippen LogP contribution in [0.1, 0.15) is 33.1 Å². The highest BCUT2D eigenvalue weighted by molar-refractivity contribution is 4.75. The minimum absolute atomic E-state index is 0.786. The van der Waals surface area contributed by atoms with E-state index in [1.54, 1.807) is 0 Å². The molecule has 0 N–H and O–H groups in total. The third-order valence-corrected chi connectivity index (χ3v) is 3.74. The Labute approximate surface area is 101 Å². The molecule has 0 aromatic rings. The smallest absolute Gasteiger partial charge is 0.0148 e. The van der Waals surface area contributed by atoms with E-state index in [-0.39, 0.29) is 0 Å². The second-order valence-electron chi connectivity index (χ2n) is 4.76. The summed E-state index contributed by atoms with van der Waals surface area (Å²) in [5, 5.41) is 4.41. The van der Waals surface area contributed by atoms with Gasteiger partial charge in [0.15, 0.2) is 0 Å². The second kappa shape index (κ2) is 8.04. The van der Waals surface area contributed by atoms with Crippen LogP contribution in [0.25, 0.3) is 0 Å². The molecule has 0 unspecified atom stereocenters. The van der Waals surface area contributed by atoms with Crippen molar-refractivity contribution in [2.45, 2.75) is 39.2 Å². The molecule has 0 bridgehead atoms. The van der Waals surface area contributed by atoms with Crippen molar-refractivity contribution in [2.75, 3.05) is 46.3 Å². The third kappa shape index (κ3) is 4.81. The van der Waals surface area contributed by atoms with Gasteiger partial charge in [-0.25, -0.2) is 5.32 Å². The van der Waals surface area contributed by atoms with Crippen molar-refractivity contribution in [1.82, 2.24) is 15.1 Å². The first-order valence-corrected chi connectivity index (χ1v) is 6.83. The molecule has 0 saturated carbocycles. The molecule has 0 aromatic carbocycles. The normalized spacial score (nSPS) is 18.6. The van der Waals surface area contributed by atoms with Gasteiger partial charge in [0.25, 0.3) is 0 Å². The fraction of sp³-hybridized carbons (Fsp3) is 1.00. The highest BCUT2D eigenvalue weighted by atomic mass is 15.2. The van der Waals surface area contributed by atoms with E-state index in [1.807, 2.05) is 0 Å². The molecule has 95 valence electrons. The van der Waals surface area contributed by atoms with Crippen molar-refractivity contribution in [3.8, 4) is 0 Å². The Bertz CT molecular complexity index is 163. The van der Waals surface area contributed by atoms with Crippen LogP contribution in [0, 0.1) is 0 Å². The van der Waals surface area contributed by atoms with Crippen LogP contribution >= 0.6 is 0 Å². The lowest BCUT2D eigenvalue weighted by molar-refractivity contribution is 0.184. The van der Waals surface area contributed by atoms with E-state index in [0.29, 0.717) is 0 Å². The number of hydrogen-bond acceptors (Lipinski definition) is 2. The first kappa shape index (κ1) is 13.9. The van der Waals surface area contributed by atoms with E-state index in [4.69, 9.17) is 0 Å². The molecule has 1 aliphatic heterocycles. The van der Waals surface area contributed by atoms with Gasteiger partial charge in [0, 0.05) is 19.1 Å². The van der Waals surface area contributed by atoms with Gasteiger partial charge in [-0.1, -0.05) is 13.8 Å². The molecule has 3 heteroatoms. The van der Waals surface area contributed by atoms with Crippen molar-refractivity contribution in [3.63, 3.8) is 0 Å². The number of nitrogens with zero attached hydrogens (tertiary/aromatic N) is 3. The number of hydrogen-bond donors (Lipinski definition) is 0. The third-order valence-electron chi connectivity index (χ3n) is 3.74. The molecule has 16 heavy (non-hydrogen) atoms. The maximum absolute atomic E-state index is 4.41. The predicted molar refractivity (Wildman–Crippen MR) is 69.9 cm³/mol. The van der Waals surface area contributed by atoms with Gasteiger partial charge in [-0.15, -0.1) is 0 Å². The summed E-state index contributed by atoms with van der Waals surface area (Å²) >= 11 is 0. The van der Waals surface area contributed by atoms with E-state index in [2.05, 4.69) is 36.0 Å². The van der Waals surface area contributed by atoms with E-state index in [1.165, 1.54) is 45.4 Å². The molecule has 1 fully saturated rings. The Morgan fingerprint density at radius 3 is 2.25 bits per heavy atom. The highest BCUT2D eigenvalue weighted by Crippen LogP contribution is 2.10. The fourth-order valence-corrected chi connectivity index (χ4v) is 2.44. The van der Waals surface area contributed by atoms with Crippen LogP contribution < -0.4 is 5.32 Å². The quantitative estimate of drug-likeness (QED) is 0.654. The van der Waals surface area contributed by atoms with Crippen molar-refractivity contribution >= 4 is 0 Å². The second-order valence-corrected chi connectivity index (χ2v) is 4.76. The maximum Gasteiger partial charge on any atom is 0.0148 e. The van der Waals surface area contributed by atoms with Gasteiger partial charge in [0.1, 0.15) is 0 Å². The minimum atomic E-state index is 0.786. The van der Waals surface area contributed by atoms with Crippen LogP contribution in [0.3, 0.4) is 0 Å². The van der Waals surface area contributed by atoms with Crippen LogP contribution in [0.5, 0.6) is 0 Å². The molecular formula is C13H28N3. The topological polar surface area (TPSA) is 20.6 Å². The first-order valence-electron chi connectivity index (χ1n) is 6.83. The van der Waals surface area contributed by atoms with Gasteiger partial charge < -0.3 is 9.80 Å². The summed E-state index contributed by atoms with van der Waals surface area (Å²) in [6.45, 7) is 11.5. The lowest BCUT2D eigenvalue weighted by Crippen LogP contribution is -2.40. The van der Waals surface area contributed by atoms with Crippen LogP contribution in [0.2, 0.25) is 0 Å². The molecule has 0 spiro atoms. The molecule has 1 aliphatic rings. The van der Waals surface area contributed by atoms with Gasteiger partial charge in [0.2, 0.25) is 0 Å². The summed E-state index contributed by atoms with van der Waals surface area (Å²) in [6.07, 6.45) is 3.83. The fourth-order valence-electron chi connectivity index (χ4n) is 2.44. The van der Waals surface area contributed by atoms with Gasteiger partial charge in [-0.2, -0.15) is 0 Å². The van der Waals surface area contributed by atoms with Gasteiger partial charge in [0.05, 0.1) is 0 Å². The number of rotatable bonds is 7. The van der Waals surface area contributed by atoms with Crippen molar-refractivity contribution < 1.29 is 0 Å². The molecule has 0 atom stereocenters. The number of piperidine rings is 1. The van der Waals surface area contributed by atoms with Crippen LogP contribution in [-0.4, -0.2) is 62.2 Å². The monoisotopic (exact) mass is 226 g/mol. The Kier molecular flexibility index (Phi) is 7.01. The van der Waals surface area contributed by atoms with Gasteiger partial charge in [-0.05, 0) is 52.5 Å². The largest absolute Gasteiger partial charge is 0.304 e. The highest BCUT2D eigenvalue weighted by Gasteiger charge is 2.17. The Hall–Kier alpha value is -0.120. The minimum Gasteiger partial charge on any atom is -0.304 e. The molecule has 1 radical (unpaired) electrons. The summed E-state index contributed by atoms with van der Waals surface area (Å²) in [6, 6.07) is 0.786. The van der Waals surface area contributed by atoms with Gasteiger partial charge >= 0.3 is 0 Å². The zero-order valence-electron chi connectivity index (χ0n) is 11.3. The van der Waals surface area contributed by atoms with Crippen molar-refractivity contribution in [3.05, 3.63) is 0 Å². The Balaban J connectivity index is 2.11. The predicted octanol–water partition coefficient (Wildman–Crippen LogP) is 1.42. The average molecular weight is 226 g/mol. The molecule has 1 saturated heterocycles. The summed E-state index contributed by atoms with van der Waals surface area (Å²) < 4.78 is 0. The Morgan fingerprint density at radius 1 is 1.06 bits per heavy atom. The maximum atomic E-state index is 4.41. The summed E-state index contributed by atoms with van der Waals surface area (Å²) in [4.78, 5) is 5.04. The average Bonchev–Trinajstić information content (AvgIpc) is 2.35.